The van der Waals surface area contributed by atoms with Gasteiger partial charge in [-0.2, -0.15) is 0 Å². The molecule has 1 saturated carbocycles. The predicted octanol–water partition coefficient (Wildman–Crippen LogP) is 4.40. The van der Waals surface area contributed by atoms with Gasteiger partial charge in [-0.25, -0.2) is 0 Å². The molecule has 1 aliphatic carbocycles. The number of rotatable bonds is 4. The summed E-state index contributed by atoms with van der Waals surface area (Å²) in [6.45, 7) is 9.47. The van der Waals surface area contributed by atoms with Gasteiger partial charge in [-0.15, -0.1) is 11.3 Å². The largest absolute Gasteiger partial charge is 0.325 e. The molecule has 2 rings (SSSR count). The van der Waals surface area contributed by atoms with Crippen molar-refractivity contribution in [3.05, 3.63) is 16.3 Å². The molecule has 2 unspecified atom stereocenters. The van der Waals surface area contributed by atoms with Crippen molar-refractivity contribution in [3.8, 4) is 0 Å². The third kappa shape index (κ3) is 4.55. The van der Waals surface area contributed by atoms with Gasteiger partial charge >= 0.3 is 0 Å². The first-order chi connectivity index (χ1) is 9.88. The van der Waals surface area contributed by atoms with E-state index in [2.05, 4.69) is 31.4 Å². The Morgan fingerprint density at radius 3 is 2.71 bits per heavy atom. The van der Waals surface area contributed by atoms with Crippen LogP contribution in [0.25, 0.3) is 0 Å². The average Bonchev–Trinajstić information content (AvgIpc) is 2.82. The first-order valence-electron chi connectivity index (χ1n) is 7.95. The van der Waals surface area contributed by atoms with E-state index in [1.54, 1.807) is 18.3 Å². The van der Waals surface area contributed by atoms with Crippen molar-refractivity contribution in [1.29, 1.82) is 0 Å². The average molecular weight is 308 g/mol. The van der Waals surface area contributed by atoms with Crippen molar-refractivity contribution in [2.75, 3.05) is 5.32 Å². The van der Waals surface area contributed by atoms with Gasteiger partial charge in [0.05, 0.1) is 5.69 Å². The number of nitrogens with one attached hydrogen (secondary N) is 2. The van der Waals surface area contributed by atoms with Gasteiger partial charge in [0, 0.05) is 24.4 Å². The summed E-state index contributed by atoms with van der Waals surface area (Å²) in [5, 5.41) is 8.71. The molecule has 0 bridgehead atoms. The Labute approximate surface area is 132 Å². The molecule has 118 valence electrons. The molecule has 2 atom stereocenters. The fraction of sp³-hybridized carbons (Fsp3) is 0.706. The van der Waals surface area contributed by atoms with Crippen LogP contribution < -0.4 is 10.6 Å². The molecule has 1 fully saturated rings. The van der Waals surface area contributed by atoms with E-state index < -0.39 is 0 Å². The van der Waals surface area contributed by atoms with E-state index in [1.165, 1.54) is 30.6 Å². The van der Waals surface area contributed by atoms with E-state index in [1.807, 2.05) is 11.4 Å². The minimum atomic E-state index is -0.000107. The van der Waals surface area contributed by atoms with Gasteiger partial charge in [-0.1, -0.05) is 33.6 Å². The van der Waals surface area contributed by atoms with Gasteiger partial charge in [0.25, 0.3) is 0 Å². The van der Waals surface area contributed by atoms with Crippen molar-refractivity contribution in [3.63, 3.8) is 0 Å². The third-order valence-electron chi connectivity index (χ3n) is 4.46. The molecule has 0 saturated heterocycles. The summed E-state index contributed by atoms with van der Waals surface area (Å²) in [5.41, 5.74) is 1.32. The molecule has 0 aliphatic heterocycles. The SMILES string of the molecule is CC(=O)Nc1ccsc1CNC1CCCCC1C(C)(C)C. The summed E-state index contributed by atoms with van der Waals surface area (Å²) in [4.78, 5) is 12.5. The maximum absolute atomic E-state index is 11.2. The van der Waals surface area contributed by atoms with Crippen molar-refractivity contribution < 1.29 is 4.79 Å². The molecule has 1 heterocycles. The van der Waals surface area contributed by atoms with Crippen LogP contribution in [0.15, 0.2) is 11.4 Å². The number of thiophene rings is 1. The summed E-state index contributed by atoms with van der Waals surface area (Å²) in [7, 11) is 0. The number of hydrogen-bond acceptors (Lipinski definition) is 3. The van der Waals surface area contributed by atoms with E-state index in [-0.39, 0.29) is 5.91 Å². The van der Waals surface area contributed by atoms with Gasteiger partial charge in [0.2, 0.25) is 5.91 Å². The lowest BCUT2D eigenvalue weighted by atomic mass is 9.69. The quantitative estimate of drug-likeness (QED) is 0.865. The summed E-state index contributed by atoms with van der Waals surface area (Å²) >= 11 is 1.71. The van der Waals surface area contributed by atoms with Gasteiger partial charge in [-0.3, -0.25) is 4.79 Å². The molecule has 0 radical (unpaired) electrons. The fourth-order valence-electron chi connectivity index (χ4n) is 3.41. The van der Waals surface area contributed by atoms with Crippen LogP contribution in [0.1, 0.15) is 58.3 Å². The summed E-state index contributed by atoms with van der Waals surface area (Å²) in [6.07, 6.45) is 5.27. The Morgan fingerprint density at radius 2 is 2.05 bits per heavy atom. The molecule has 0 spiro atoms. The highest BCUT2D eigenvalue weighted by atomic mass is 32.1. The van der Waals surface area contributed by atoms with E-state index in [9.17, 15) is 4.79 Å². The van der Waals surface area contributed by atoms with Gasteiger partial charge < -0.3 is 10.6 Å². The van der Waals surface area contributed by atoms with Crippen molar-refractivity contribution >= 4 is 22.9 Å². The Morgan fingerprint density at radius 1 is 1.33 bits per heavy atom. The highest BCUT2D eigenvalue weighted by molar-refractivity contribution is 7.10. The van der Waals surface area contributed by atoms with Gasteiger partial charge in [-0.05, 0) is 35.6 Å². The monoisotopic (exact) mass is 308 g/mol. The molecule has 21 heavy (non-hydrogen) atoms. The number of hydrogen-bond donors (Lipinski definition) is 2. The Bertz CT molecular complexity index is 475. The van der Waals surface area contributed by atoms with Crippen LogP contribution in [0.3, 0.4) is 0 Å². The normalized spacial score (nSPS) is 23.0. The topological polar surface area (TPSA) is 41.1 Å². The highest BCUT2D eigenvalue weighted by Gasteiger charge is 2.33. The number of carbonyl (C=O) groups excluding carboxylic acids is 1. The zero-order valence-corrected chi connectivity index (χ0v) is 14.5. The van der Waals surface area contributed by atoms with Crippen molar-refractivity contribution in [2.24, 2.45) is 11.3 Å². The van der Waals surface area contributed by atoms with Crippen LogP contribution in [0.4, 0.5) is 5.69 Å². The number of amides is 1. The van der Waals surface area contributed by atoms with Crippen LogP contribution in [0.2, 0.25) is 0 Å². The standard InChI is InChI=1S/C17H28N2OS/c1-12(20)19-15-9-10-21-16(15)11-18-14-8-6-5-7-13(14)17(2,3)4/h9-10,13-14,18H,5-8,11H2,1-4H3,(H,19,20). The van der Waals surface area contributed by atoms with Gasteiger partial charge in [0.1, 0.15) is 0 Å². The van der Waals surface area contributed by atoms with Gasteiger partial charge in [0.15, 0.2) is 0 Å². The number of anilines is 1. The van der Waals surface area contributed by atoms with E-state index >= 15 is 0 Å². The minimum absolute atomic E-state index is 0.000107. The predicted molar refractivity (Wildman–Crippen MR) is 90.7 cm³/mol. The lowest BCUT2D eigenvalue weighted by Gasteiger charge is -2.41. The summed E-state index contributed by atoms with van der Waals surface area (Å²) in [5.74, 6) is 0.732. The van der Waals surface area contributed by atoms with E-state index in [4.69, 9.17) is 0 Å². The van der Waals surface area contributed by atoms with Crippen LogP contribution >= 0.6 is 11.3 Å². The molecule has 4 heteroatoms. The second kappa shape index (κ2) is 6.93. The fourth-order valence-corrected chi connectivity index (χ4v) is 4.20. The zero-order valence-electron chi connectivity index (χ0n) is 13.7. The molecule has 0 aromatic carbocycles. The number of carbonyl (C=O) groups is 1. The third-order valence-corrected chi connectivity index (χ3v) is 5.38. The van der Waals surface area contributed by atoms with E-state index in [0.29, 0.717) is 11.5 Å². The first-order valence-corrected chi connectivity index (χ1v) is 8.83. The van der Waals surface area contributed by atoms with Crippen LogP contribution in [0, 0.1) is 11.3 Å². The maximum atomic E-state index is 11.2. The molecular formula is C17H28N2OS. The smallest absolute Gasteiger partial charge is 0.221 e. The Kier molecular flexibility index (Phi) is 5.44. The molecule has 1 aromatic heterocycles. The second-order valence-corrected chi connectivity index (χ2v) is 8.18. The van der Waals surface area contributed by atoms with Crippen LogP contribution in [-0.2, 0) is 11.3 Å². The van der Waals surface area contributed by atoms with Crippen LogP contribution in [-0.4, -0.2) is 11.9 Å². The summed E-state index contributed by atoms with van der Waals surface area (Å²) in [6, 6.07) is 2.58. The Balaban J connectivity index is 1.98. The second-order valence-electron chi connectivity index (χ2n) is 7.18. The Hall–Kier alpha value is -0.870. The van der Waals surface area contributed by atoms with Crippen molar-refractivity contribution in [2.45, 2.75) is 66.0 Å². The lowest BCUT2D eigenvalue weighted by Crippen LogP contribution is -2.43. The molecule has 2 N–H and O–H groups in total. The summed E-state index contributed by atoms with van der Waals surface area (Å²) < 4.78 is 0. The highest BCUT2D eigenvalue weighted by Crippen LogP contribution is 2.38. The maximum Gasteiger partial charge on any atom is 0.221 e. The minimum Gasteiger partial charge on any atom is -0.325 e. The first kappa shape index (κ1) is 16.5. The van der Waals surface area contributed by atoms with E-state index in [0.717, 1.165) is 18.2 Å². The van der Waals surface area contributed by atoms with Crippen LogP contribution in [0.5, 0.6) is 0 Å². The molecule has 1 aliphatic rings. The molecule has 1 amide bonds. The molecular weight excluding hydrogens is 280 g/mol. The zero-order chi connectivity index (χ0) is 15.5. The lowest BCUT2D eigenvalue weighted by molar-refractivity contribution is -0.114. The molecule has 3 nitrogen and oxygen atoms in total. The molecule has 1 aromatic rings. The van der Waals surface area contributed by atoms with Crippen molar-refractivity contribution in [1.82, 2.24) is 5.32 Å².